The van der Waals surface area contributed by atoms with Gasteiger partial charge in [0.1, 0.15) is 17.8 Å². The van der Waals surface area contributed by atoms with Crippen LogP contribution in [0.2, 0.25) is 0 Å². The second kappa shape index (κ2) is 8.83. The molecule has 0 fully saturated rings. The summed E-state index contributed by atoms with van der Waals surface area (Å²) in [5.74, 6) is -0.409. The van der Waals surface area contributed by atoms with E-state index < -0.39 is 11.9 Å². The summed E-state index contributed by atoms with van der Waals surface area (Å²) in [4.78, 5) is 40.6. The van der Waals surface area contributed by atoms with E-state index in [-0.39, 0.29) is 12.3 Å². The maximum absolute atomic E-state index is 12.7. The van der Waals surface area contributed by atoms with Gasteiger partial charge in [0, 0.05) is 11.1 Å². The number of rotatable bonds is 6. The number of carbonyl (C=O) groups excluding carboxylic acids is 3. The molecule has 0 saturated carbocycles. The van der Waals surface area contributed by atoms with E-state index in [2.05, 4.69) is 4.99 Å². The van der Waals surface area contributed by atoms with Crippen molar-refractivity contribution in [3.63, 3.8) is 0 Å². The molecule has 3 rings (SSSR count). The quantitative estimate of drug-likeness (QED) is 0.458. The molecule has 29 heavy (non-hydrogen) atoms. The van der Waals surface area contributed by atoms with Gasteiger partial charge in [0.15, 0.2) is 10.6 Å². The first-order chi connectivity index (χ1) is 13.9. The van der Waals surface area contributed by atoms with Crippen LogP contribution in [0.1, 0.15) is 34.6 Å². The van der Waals surface area contributed by atoms with Crippen molar-refractivity contribution in [2.75, 3.05) is 13.7 Å². The Bertz CT molecular complexity index is 1140. The minimum atomic E-state index is -0.469. The summed E-state index contributed by atoms with van der Waals surface area (Å²) in [6.45, 7) is 3.69. The van der Waals surface area contributed by atoms with Crippen LogP contribution < -0.4 is 9.54 Å². The van der Waals surface area contributed by atoms with Gasteiger partial charge in [-0.3, -0.25) is 14.4 Å². The van der Waals surface area contributed by atoms with Gasteiger partial charge in [0.2, 0.25) is 0 Å². The van der Waals surface area contributed by atoms with Gasteiger partial charge in [-0.1, -0.05) is 29.5 Å². The molecule has 1 heterocycles. The average Bonchev–Trinajstić information content (AvgIpc) is 3.06. The summed E-state index contributed by atoms with van der Waals surface area (Å²) in [5.41, 5.74) is 1.55. The minimum Gasteiger partial charge on any atom is -0.492 e. The van der Waals surface area contributed by atoms with Crippen LogP contribution in [0, 0.1) is 0 Å². The van der Waals surface area contributed by atoms with E-state index in [4.69, 9.17) is 9.47 Å². The summed E-state index contributed by atoms with van der Waals surface area (Å²) in [5, 5.41) is 0. The van der Waals surface area contributed by atoms with E-state index in [0.717, 1.165) is 4.70 Å². The molecule has 3 aromatic rings. The summed E-state index contributed by atoms with van der Waals surface area (Å²) < 4.78 is 12.9. The number of thiazole rings is 1. The fraction of sp³-hybridized carbons (Fsp3) is 0.238. The Kier molecular flexibility index (Phi) is 6.23. The SMILES string of the molecule is CCOc1cccc2sc(=NC(=O)c3ccc(C(C)=O)cc3)n(CC(=O)OC)c12. The van der Waals surface area contributed by atoms with Gasteiger partial charge in [0.25, 0.3) is 5.91 Å². The Morgan fingerprint density at radius 1 is 1.07 bits per heavy atom. The number of methoxy groups -OCH3 is 1. The predicted molar refractivity (Wildman–Crippen MR) is 109 cm³/mol. The number of fused-ring (bicyclic) bond motifs is 1. The van der Waals surface area contributed by atoms with Crippen molar-refractivity contribution in [1.82, 2.24) is 4.57 Å². The Morgan fingerprint density at radius 2 is 1.76 bits per heavy atom. The summed E-state index contributed by atoms with van der Waals surface area (Å²) in [7, 11) is 1.31. The molecule has 150 valence electrons. The number of ether oxygens (including phenoxy) is 2. The third kappa shape index (κ3) is 4.43. The minimum absolute atomic E-state index is 0.0789. The molecule has 1 aromatic heterocycles. The third-order valence-corrected chi connectivity index (χ3v) is 5.26. The molecule has 1 amide bonds. The van der Waals surface area contributed by atoms with Crippen molar-refractivity contribution in [2.24, 2.45) is 4.99 Å². The smallest absolute Gasteiger partial charge is 0.325 e. The Morgan fingerprint density at radius 3 is 2.38 bits per heavy atom. The molecule has 0 aliphatic carbocycles. The Hall–Kier alpha value is -3.26. The van der Waals surface area contributed by atoms with E-state index >= 15 is 0 Å². The number of amides is 1. The molecule has 0 spiro atoms. The predicted octanol–water partition coefficient (Wildman–Crippen LogP) is 3.22. The van der Waals surface area contributed by atoms with Gasteiger partial charge < -0.3 is 14.0 Å². The molecule has 0 aliphatic heterocycles. The van der Waals surface area contributed by atoms with Crippen molar-refractivity contribution < 1.29 is 23.9 Å². The van der Waals surface area contributed by atoms with Crippen LogP contribution in [0.4, 0.5) is 0 Å². The first-order valence-electron chi connectivity index (χ1n) is 8.96. The zero-order chi connectivity index (χ0) is 21.0. The van der Waals surface area contributed by atoms with E-state index in [1.807, 2.05) is 19.1 Å². The van der Waals surface area contributed by atoms with Crippen LogP contribution >= 0.6 is 11.3 Å². The number of para-hydroxylation sites is 1. The van der Waals surface area contributed by atoms with Crippen molar-refractivity contribution in [3.05, 3.63) is 58.4 Å². The molecule has 0 atom stereocenters. The molecular formula is C21H20N2O5S. The van der Waals surface area contributed by atoms with Gasteiger partial charge in [-0.05, 0) is 38.1 Å². The van der Waals surface area contributed by atoms with Crippen LogP contribution in [0.15, 0.2) is 47.5 Å². The van der Waals surface area contributed by atoms with Gasteiger partial charge in [-0.25, -0.2) is 0 Å². The molecule has 0 bridgehead atoms. The molecule has 0 radical (unpaired) electrons. The third-order valence-electron chi connectivity index (χ3n) is 4.21. The van der Waals surface area contributed by atoms with E-state index in [9.17, 15) is 14.4 Å². The van der Waals surface area contributed by atoms with Crippen molar-refractivity contribution >= 4 is 39.2 Å². The summed E-state index contributed by atoms with van der Waals surface area (Å²) in [6.07, 6.45) is 0. The van der Waals surface area contributed by atoms with Gasteiger partial charge in [0.05, 0.1) is 18.4 Å². The second-order valence-corrected chi connectivity index (χ2v) is 7.14. The van der Waals surface area contributed by atoms with Crippen LogP contribution in [0.3, 0.4) is 0 Å². The number of hydrogen-bond acceptors (Lipinski definition) is 6. The number of esters is 1. The number of aromatic nitrogens is 1. The fourth-order valence-electron chi connectivity index (χ4n) is 2.79. The second-order valence-electron chi connectivity index (χ2n) is 6.13. The lowest BCUT2D eigenvalue weighted by Crippen LogP contribution is -2.22. The fourth-order valence-corrected chi connectivity index (χ4v) is 3.84. The normalized spacial score (nSPS) is 11.5. The zero-order valence-corrected chi connectivity index (χ0v) is 17.1. The average molecular weight is 412 g/mol. The van der Waals surface area contributed by atoms with Crippen LogP contribution in [-0.2, 0) is 16.1 Å². The number of carbonyl (C=O) groups is 3. The molecule has 7 nitrogen and oxygen atoms in total. The number of ketones is 1. The molecule has 0 N–H and O–H groups in total. The number of benzene rings is 2. The lowest BCUT2D eigenvalue weighted by Gasteiger charge is -2.08. The highest BCUT2D eigenvalue weighted by atomic mass is 32.1. The molecule has 0 saturated heterocycles. The lowest BCUT2D eigenvalue weighted by atomic mass is 10.1. The maximum atomic E-state index is 12.7. The lowest BCUT2D eigenvalue weighted by molar-refractivity contribution is -0.141. The first kappa shape index (κ1) is 20.5. The molecule has 0 aliphatic rings. The standard InChI is InChI=1S/C21H20N2O5S/c1-4-28-16-6-5-7-17-19(16)23(12-18(25)27-3)21(29-17)22-20(26)15-10-8-14(9-11-15)13(2)24/h5-11H,4,12H2,1-3H3. The topological polar surface area (TPSA) is 87.0 Å². The summed E-state index contributed by atoms with van der Waals surface area (Å²) >= 11 is 1.28. The molecule has 8 heteroatoms. The maximum Gasteiger partial charge on any atom is 0.325 e. The largest absolute Gasteiger partial charge is 0.492 e. The summed E-state index contributed by atoms with van der Waals surface area (Å²) in [6, 6.07) is 11.8. The Balaban J connectivity index is 2.12. The number of hydrogen-bond donors (Lipinski definition) is 0. The van der Waals surface area contributed by atoms with Gasteiger partial charge in [-0.15, -0.1) is 0 Å². The van der Waals surface area contributed by atoms with Gasteiger partial charge >= 0.3 is 5.97 Å². The van der Waals surface area contributed by atoms with Crippen LogP contribution in [-0.4, -0.2) is 35.9 Å². The first-order valence-corrected chi connectivity index (χ1v) is 9.78. The highest BCUT2D eigenvalue weighted by molar-refractivity contribution is 7.16. The molecule has 2 aromatic carbocycles. The number of nitrogens with zero attached hydrogens (tertiary/aromatic N) is 2. The zero-order valence-electron chi connectivity index (χ0n) is 16.3. The highest BCUT2D eigenvalue weighted by Crippen LogP contribution is 2.27. The molecule has 0 unspecified atom stereocenters. The van der Waals surface area contributed by atoms with Crippen molar-refractivity contribution in [2.45, 2.75) is 20.4 Å². The Labute approximate surface area is 171 Å². The van der Waals surface area contributed by atoms with Crippen molar-refractivity contribution in [1.29, 1.82) is 0 Å². The van der Waals surface area contributed by atoms with E-state index in [1.165, 1.54) is 25.4 Å². The van der Waals surface area contributed by atoms with E-state index in [1.54, 1.807) is 34.9 Å². The number of Topliss-reactive ketones (excluding diaryl/α,β-unsaturated/α-hetero) is 1. The highest BCUT2D eigenvalue weighted by Gasteiger charge is 2.16. The van der Waals surface area contributed by atoms with E-state index in [0.29, 0.717) is 33.8 Å². The van der Waals surface area contributed by atoms with Crippen molar-refractivity contribution in [3.8, 4) is 5.75 Å². The van der Waals surface area contributed by atoms with Crippen LogP contribution in [0.25, 0.3) is 10.2 Å². The molecular weight excluding hydrogens is 392 g/mol. The monoisotopic (exact) mass is 412 g/mol. The van der Waals surface area contributed by atoms with Gasteiger partial charge in [-0.2, -0.15) is 4.99 Å². The van der Waals surface area contributed by atoms with Crippen LogP contribution in [0.5, 0.6) is 5.75 Å².